The van der Waals surface area contributed by atoms with Gasteiger partial charge in [0.25, 0.3) is 5.91 Å². The van der Waals surface area contributed by atoms with Gasteiger partial charge in [-0.3, -0.25) is 10.1 Å². The first-order chi connectivity index (χ1) is 11.7. The Bertz CT molecular complexity index is 706. The molecule has 1 amide bonds. The molecule has 1 aromatic carbocycles. The molecule has 128 valence electrons. The van der Waals surface area contributed by atoms with Crippen LogP contribution in [-0.2, 0) is 16.0 Å². The second-order valence-corrected chi connectivity index (χ2v) is 6.64. The minimum Gasteiger partial charge on any atom is -0.497 e. The van der Waals surface area contributed by atoms with E-state index in [1.54, 1.807) is 7.11 Å². The van der Waals surface area contributed by atoms with Crippen LogP contribution in [0.1, 0.15) is 23.4 Å². The van der Waals surface area contributed by atoms with Gasteiger partial charge >= 0.3 is 0 Å². The van der Waals surface area contributed by atoms with Crippen molar-refractivity contribution in [2.75, 3.05) is 19.0 Å². The van der Waals surface area contributed by atoms with Gasteiger partial charge in [0, 0.05) is 13.0 Å². The Morgan fingerprint density at radius 3 is 3.08 bits per heavy atom. The first-order valence-corrected chi connectivity index (χ1v) is 8.61. The summed E-state index contributed by atoms with van der Waals surface area (Å²) in [6.07, 6.45) is 1.65. The zero-order chi connectivity index (χ0) is 16.9. The Labute approximate surface area is 144 Å². The number of hydrogen-bond donors (Lipinski definition) is 2. The summed E-state index contributed by atoms with van der Waals surface area (Å²) in [4.78, 5) is 12.2. The van der Waals surface area contributed by atoms with Crippen LogP contribution in [0.2, 0.25) is 0 Å². The number of amides is 1. The van der Waals surface area contributed by atoms with E-state index in [9.17, 15) is 4.79 Å². The summed E-state index contributed by atoms with van der Waals surface area (Å²) < 4.78 is 10.8. The van der Waals surface area contributed by atoms with Crippen molar-refractivity contribution in [1.29, 1.82) is 0 Å². The lowest BCUT2D eigenvalue weighted by Crippen LogP contribution is -2.29. The van der Waals surface area contributed by atoms with Crippen molar-refractivity contribution in [2.45, 2.75) is 31.5 Å². The fourth-order valence-electron chi connectivity index (χ4n) is 2.59. The summed E-state index contributed by atoms with van der Waals surface area (Å²) in [6.45, 7) is 0.438. The van der Waals surface area contributed by atoms with E-state index in [2.05, 4.69) is 15.5 Å². The molecule has 1 aliphatic heterocycles. The van der Waals surface area contributed by atoms with E-state index in [-0.39, 0.29) is 12.0 Å². The molecule has 1 aliphatic rings. The highest BCUT2D eigenvalue weighted by Crippen LogP contribution is 2.23. The number of anilines is 1. The molecule has 0 radical (unpaired) electrons. The zero-order valence-corrected chi connectivity index (χ0v) is 14.2. The largest absolute Gasteiger partial charge is 0.497 e. The van der Waals surface area contributed by atoms with Gasteiger partial charge in [0.2, 0.25) is 5.13 Å². The lowest BCUT2D eigenvalue weighted by atomic mass is 10.1. The minimum atomic E-state index is -0.454. The van der Waals surface area contributed by atoms with E-state index in [0.717, 1.165) is 22.7 Å². The third-order valence-corrected chi connectivity index (χ3v) is 4.69. The van der Waals surface area contributed by atoms with Gasteiger partial charge in [-0.2, -0.15) is 0 Å². The maximum Gasteiger partial charge on any atom is 0.255 e. The Morgan fingerprint density at radius 2 is 2.33 bits per heavy atom. The van der Waals surface area contributed by atoms with Crippen molar-refractivity contribution in [2.24, 2.45) is 5.73 Å². The molecule has 0 spiro atoms. The molecule has 7 nitrogen and oxygen atoms in total. The topological polar surface area (TPSA) is 99.4 Å². The predicted molar refractivity (Wildman–Crippen MR) is 91.3 cm³/mol. The molecular formula is C16H20N4O3S. The number of nitrogens with two attached hydrogens (primary N) is 1. The molecule has 3 N–H and O–H groups in total. The maximum absolute atomic E-state index is 12.2. The molecule has 0 aliphatic carbocycles. The highest BCUT2D eigenvalue weighted by Gasteiger charge is 2.30. The summed E-state index contributed by atoms with van der Waals surface area (Å²) in [5, 5.41) is 12.2. The van der Waals surface area contributed by atoms with Crippen LogP contribution >= 0.6 is 11.3 Å². The van der Waals surface area contributed by atoms with Crippen LogP contribution in [0.5, 0.6) is 5.75 Å². The third-order valence-electron chi connectivity index (χ3n) is 3.85. The SMILES string of the molecule is COc1cccc(Cc2nnc(NC(=O)[C@@H]3CC[C@H](CN)O3)s2)c1. The summed E-state index contributed by atoms with van der Waals surface area (Å²) in [7, 11) is 1.64. The molecule has 1 fully saturated rings. The molecule has 1 aromatic heterocycles. The van der Waals surface area contributed by atoms with Crippen molar-refractivity contribution in [3.8, 4) is 5.75 Å². The molecule has 0 unspecified atom stereocenters. The number of ether oxygens (including phenoxy) is 2. The van der Waals surface area contributed by atoms with Gasteiger partial charge in [-0.1, -0.05) is 23.5 Å². The zero-order valence-electron chi connectivity index (χ0n) is 13.4. The van der Waals surface area contributed by atoms with Gasteiger partial charge in [0.15, 0.2) is 0 Å². The van der Waals surface area contributed by atoms with Gasteiger partial charge < -0.3 is 15.2 Å². The number of nitrogens with zero attached hydrogens (tertiary/aromatic N) is 2. The average molecular weight is 348 g/mol. The van der Waals surface area contributed by atoms with Crippen molar-refractivity contribution in [1.82, 2.24) is 10.2 Å². The molecule has 2 atom stereocenters. The number of hydrogen-bond acceptors (Lipinski definition) is 7. The summed E-state index contributed by atoms with van der Waals surface area (Å²) in [5.74, 6) is 0.619. The lowest BCUT2D eigenvalue weighted by molar-refractivity contribution is -0.126. The highest BCUT2D eigenvalue weighted by atomic mass is 32.1. The summed E-state index contributed by atoms with van der Waals surface area (Å²) in [5.41, 5.74) is 6.64. The fourth-order valence-corrected chi connectivity index (χ4v) is 3.37. The van der Waals surface area contributed by atoms with E-state index >= 15 is 0 Å². The molecule has 0 saturated carbocycles. The summed E-state index contributed by atoms with van der Waals surface area (Å²) in [6, 6.07) is 7.79. The molecule has 2 heterocycles. The molecule has 0 bridgehead atoms. The third kappa shape index (κ3) is 4.08. The second kappa shape index (κ2) is 7.69. The normalized spacial score (nSPS) is 20.1. The van der Waals surface area contributed by atoms with Gasteiger partial charge in [0.05, 0.1) is 13.2 Å². The monoisotopic (exact) mass is 348 g/mol. The minimum absolute atomic E-state index is 0.0289. The number of carbonyl (C=O) groups excluding carboxylic acids is 1. The van der Waals surface area contributed by atoms with Gasteiger partial charge in [0.1, 0.15) is 16.9 Å². The Hall–Kier alpha value is -2.03. The Morgan fingerprint density at radius 1 is 1.46 bits per heavy atom. The number of nitrogens with one attached hydrogen (secondary N) is 1. The molecular weight excluding hydrogens is 328 g/mol. The fraction of sp³-hybridized carbons (Fsp3) is 0.438. The molecule has 1 saturated heterocycles. The summed E-state index contributed by atoms with van der Waals surface area (Å²) >= 11 is 1.36. The quantitative estimate of drug-likeness (QED) is 0.822. The highest BCUT2D eigenvalue weighted by molar-refractivity contribution is 7.15. The first-order valence-electron chi connectivity index (χ1n) is 7.79. The number of aromatic nitrogens is 2. The average Bonchev–Trinajstić information content (AvgIpc) is 3.24. The van der Waals surface area contributed by atoms with Crippen LogP contribution < -0.4 is 15.8 Å². The van der Waals surface area contributed by atoms with E-state index in [1.165, 1.54) is 11.3 Å². The molecule has 8 heteroatoms. The standard InChI is InChI=1S/C16H20N4O3S/c1-22-11-4-2-3-10(7-11)8-14-19-20-16(24-14)18-15(21)13-6-5-12(9-17)23-13/h2-4,7,12-13H,5-6,8-9,17H2,1H3,(H,18,20,21)/t12-,13+/m1/s1. The van der Waals surface area contributed by atoms with Crippen molar-refractivity contribution in [3.63, 3.8) is 0 Å². The molecule has 24 heavy (non-hydrogen) atoms. The van der Waals surface area contributed by atoms with Crippen LogP contribution in [0, 0.1) is 0 Å². The van der Waals surface area contributed by atoms with Crippen molar-refractivity contribution < 1.29 is 14.3 Å². The van der Waals surface area contributed by atoms with Gasteiger partial charge in [-0.05, 0) is 30.5 Å². The van der Waals surface area contributed by atoms with Crippen LogP contribution in [0.15, 0.2) is 24.3 Å². The molecule has 2 aromatic rings. The van der Waals surface area contributed by atoms with Crippen LogP contribution in [0.25, 0.3) is 0 Å². The van der Waals surface area contributed by atoms with E-state index in [4.69, 9.17) is 15.2 Å². The Balaban J connectivity index is 1.58. The Kier molecular flexibility index (Phi) is 5.39. The maximum atomic E-state index is 12.2. The van der Waals surface area contributed by atoms with Crippen molar-refractivity contribution in [3.05, 3.63) is 34.8 Å². The number of carbonyl (C=O) groups is 1. The van der Waals surface area contributed by atoms with E-state index in [0.29, 0.717) is 24.5 Å². The van der Waals surface area contributed by atoms with Crippen molar-refractivity contribution >= 4 is 22.4 Å². The first kappa shape index (κ1) is 16.8. The van der Waals surface area contributed by atoms with Crippen LogP contribution in [-0.4, -0.2) is 42.0 Å². The molecule has 3 rings (SSSR count). The smallest absolute Gasteiger partial charge is 0.255 e. The number of rotatable bonds is 6. The lowest BCUT2D eigenvalue weighted by Gasteiger charge is -2.10. The van der Waals surface area contributed by atoms with Gasteiger partial charge in [-0.25, -0.2) is 0 Å². The van der Waals surface area contributed by atoms with Gasteiger partial charge in [-0.15, -0.1) is 10.2 Å². The second-order valence-electron chi connectivity index (χ2n) is 5.58. The van der Waals surface area contributed by atoms with Crippen LogP contribution in [0.3, 0.4) is 0 Å². The van der Waals surface area contributed by atoms with E-state index < -0.39 is 6.10 Å². The van der Waals surface area contributed by atoms with E-state index in [1.807, 2.05) is 24.3 Å². The number of benzene rings is 1. The van der Waals surface area contributed by atoms with Crippen LogP contribution in [0.4, 0.5) is 5.13 Å². The predicted octanol–water partition coefficient (Wildman–Crippen LogP) is 1.58. The number of methoxy groups -OCH3 is 1.